The van der Waals surface area contributed by atoms with Crippen LogP contribution in [0.4, 0.5) is 5.13 Å². The summed E-state index contributed by atoms with van der Waals surface area (Å²) in [6.07, 6.45) is 0.0892. The molecule has 0 bridgehead atoms. The van der Waals surface area contributed by atoms with E-state index in [1.165, 1.54) is 35.7 Å². The quantitative estimate of drug-likeness (QED) is 0.0505. The molecule has 2 aromatic heterocycles. The molecular formula is C21H22N8O9S3. The highest BCUT2D eigenvalue weighted by atomic mass is 32.2. The number of aromatic nitrogens is 4. The van der Waals surface area contributed by atoms with E-state index < -0.39 is 59.6 Å². The molecule has 0 aliphatic carbocycles. The topological polar surface area (TPSA) is 255 Å². The number of fused-ring (bicyclic) bond motifs is 1. The van der Waals surface area contributed by atoms with Gasteiger partial charge in [-0.3, -0.25) is 28.6 Å². The molecule has 0 radical (unpaired) electrons. The number of nitrogens with one attached hydrogen (secondary N) is 2. The summed E-state index contributed by atoms with van der Waals surface area (Å²) in [5.41, 5.74) is 3.52. The Labute approximate surface area is 241 Å². The van der Waals surface area contributed by atoms with Gasteiger partial charge in [-0.25, -0.2) is 14.9 Å². The van der Waals surface area contributed by atoms with Crippen molar-refractivity contribution >= 4 is 63.5 Å². The van der Waals surface area contributed by atoms with Crippen molar-refractivity contribution in [3.63, 3.8) is 0 Å². The van der Waals surface area contributed by atoms with Crippen LogP contribution in [0.15, 0.2) is 48.0 Å². The van der Waals surface area contributed by atoms with Gasteiger partial charge >= 0.3 is 17.1 Å². The van der Waals surface area contributed by atoms with Crippen LogP contribution in [0.2, 0.25) is 0 Å². The summed E-state index contributed by atoms with van der Waals surface area (Å²) >= 11 is 3.13. The highest BCUT2D eigenvalue weighted by Crippen LogP contribution is 2.41. The number of nitrogens with two attached hydrogens (primary N) is 1. The molecule has 17 nitrogen and oxygen atoms in total. The number of anilines is 1. The number of hydrogen-bond acceptors (Lipinski definition) is 15. The van der Waals surface area contributed by atoms with Gasteiger partial charge in [0.05, 0.1) is 19.3 Å². The zero-order valence-electron chi connectivity index (χ0n) is 20.9. The fraction of sp³-hybridized carbons (Fsp3) is 0.333. The van der Waals surface area contributed by atoms with E-state index >= 15 is 0 Å². The van der Waals surface area contributed by atoms with Crippen molar-refractivity contribution in [2.45, 2.75) is 29.2 Å². The van der Waals surface area contributed by atoms with Gasteiger partial charge in [0.2, 0.25) is 0 Å². The Balaban J connectivity index is 1.52. The summed E-state index contributed by atoms with van der Waals surface area (Å²) < 4.78 is 0.875. The predicted molar refractivity (Wildman–Crippen MR) is 147 cm³/mol. The van der Waals surface area contributed by atoms with E-state index in [4.69, 9.17) is 15.7 Å². The number of rotatable bonds is 11. The van der Waals surface area contributed by atoms with E-state index in [1.807, 2.05) is 5.10 Å². The molecule has 3 atom stereocenters. The van der Waals surface area contributed by atoms with Crippen molar-refractivity contribution in [1.82, 2.24) is 30.0 Å². The Morgan fingerprint density at radius 2 is 2.17 bits per heavy atom. The van der Waals surface area contributed by atoms with E-state index in [1.54, 1.807) is 0 Å². The van der Waals surface area contributed by atoms with Gasteiger partial charge in [0.15, 0.2) is 16.0 Å². The van der Waals surface area contributed by atoms with Crippen LogP contribution in [0.3, 0.4) is 0 Å². The highest BCUT2D eigenvalue weighted by Gasteiger charge is 2.54. The van der Waals surface area contributed by atoms with Crippen molar-refractivity contribution in [2.75, 3.05) is 25.2 Å². The van der Waals surface area contributed by atoms with Gasteiger partial charge in [-0.2, -0.15) is 0 Å². The predicted octanol–water partition coefficient (Wildman–Crippen LogP) is -2.28. The molecule has 3 unspecified atom stereocenters. The number of thiazole rings is 1. The molecule has 2 aromatic rings. The van der Waals surface area contributed by atoms with Gasteiger partial charge in [-0.05, 0) is 17.1 Å². The van der Waals surface area contributed by atoms with Crippen LogP contribution in [0.1, 0.15) is 5.69 Å². The minimum absolute atomic E-state index is 0.0321. The summed E-state index contributed by atoms with van der Waals surface area (Å²) in [4.78, 5) is 71.7. The van der Waals surface area contributed by atoms with Gasteiger partial charge in [0, 0.05) is 11.1 Å². The normalized spacial score (nSPS) is 19.6. The minimum atomic E-state index is -1.37. The maximum Gasteiger partial charge on any atom is 0.352 e. The van der Waals surface area contributed by atoms with Crippen LogP contribution in [0.5, 0.6) is 0 Å². The van der Waals surface area contributed by atoms with E-state index in [2.05, 4.69) is 20.6 Å². The number of carbonyl (C=O) groups excluding carboxylic acids is 2. The summed E-state index contributed by atoms with van der Waals surface area (Å²) in [7, 11) is 1.23. The SMILES string of the molecule is CO/N=C(\C(=O)NC1C(=O)N2C(C(=O)O)=C(/C=C/Sc3n[nH]c(=O)c(=O)n3CC(O)CO)CSC12)c1csc(N)n1. The number of aliphatic hydroxyl groups is 2. The van der Waals surface area contributed by atoms with Crippen molar-refractivity contribution in [3.8, 4) is 0 Å². The number of thioether (sulfide) groups is 2. The van der Waals surface area contributed by atoms with Crippen LogP contribution in [0.25, 0.3) is 0 Å². The van der Waals surface area contributed by atoms with Crippen molar-refractivity contribution in [3.05, 3.63) is 54.5 Å². The number of allylic oxidation sites excluding steroid dienone is 1. The number of aliphatic carboxylic acids is 1. The maximum absolute atomic E-state index is 13.0. The lowest BCUT2D eigenvalue weighted by Gasteiger charge is -2.49. The molecule has 20 heteroatoms. The lowest BCUT2D eigenvalue weighted by Crippen LogP contribution is -2.71. The number of carboxylic acid groups (broad SMARTS) is 1. The number of carbonyl (C=O) groups is 3. The second-order valence-electron chi connectivity index (χ2n) is 8.24. The monoisotopic (exact) mass is 626 g/mol. The molecule has 4 heterocycles. The van der Waals surface area contributed by atoms with Crippen LogP contribution in [-0.2, 0) is 25.8 Å². The Kier molecular flexibility index (Phi) is 9.28. The molecule has 0 spiro atoms. The van der Waals surface area contributed by atoms with Crippen LogP contribution < -0.4 is 22.2 Å². The first-order chi connectivity index (χ1) is 19.6. The van der Waals surface area contributed by atoms with Crippen molar-refractivity contribution < 1.29 is 34.5 Å². The summed E-state index contributed by atoms with van der Waals surface area (Å²) in [5, 5.41) is 43.1. The zero-order valence-corrected chi connectivity index (χ0v) is 23.4. The standard InChI is InChI=1S/C21H22N8O9S3/c1-38-27-11(10-7-41-20(22)23-10)14(32)24-12-16(34)29-13(19(36)37)8(6-40-18(12)29)2-3-39-21-26-25-15(33)17(35)28(21)4-9(31)5-30/h2-3,7,9,12,18,30-31H,4-6H2,1H3,(H2,22,23)(H,24,32)(H,25,33)(H,36,37)/b3-2+,27-11-. The zero-order chi connectivity index (χ0) is 29.8. The molecule has 7 N–H and O–H groups in total. The lowest BCUT2D eigenvalue weighted by atomic mass is 10.0. The van der Waals surface area contributed by atoms with Gasteiger partial charge in [0.25, 0.3) is 11.8 Å². The van der Waals surface area contributed by atoms with Crippen LogP contribution >= 0.6 is 34.9 Å². The number of nitrogen functional groups attached to an aromatic ring is 1. The molecule has 218 valence electrons. The molecule has 2 amide bonds. The number of aliphatic hydroxyl groups excluding tert-OH is 2. The third-order valence-electron chi connectivity index (χ3n) is 5.62. The summed E-state index contributed by atoms with van der Waals surface area (Å²) in [6.45, 7) is -1.05. The molecular weight excluding hydrogens is 604 g/mol. The summed E-state index contributed by atoms with van der Waals surface area (Å²) in [6, 6.07) is -1.04. The molecule has 41 heavy (non-hydrogen) atoms. The smallest absolute Gasteiger partial charge is 0.352 e. The third-order valence-corrected chi connectivity index (χ3v) is 8.39. The molecule has 2 aliphatic heterocycles. The number of carboxylic acids is 1. The number of oxime groups is 1. The molecule has 0 saturated carbocycles. The molecule has 4 rings (SSSR count). The maximum atomic E-state index is 13.0. The average molecular weight is 627 g/mol. The highest BCUT2D eigenvalue weighted by molar-refractivity contribution is 8.02. The number of aromatic amines is 1. The fourth-order valence-corrected chi connectivity index (χ4v) is 6.39. The van der Waals surface area contributed by atoms with Gasteiger partial charge in [0.1, 0.15) is 29.9 Å². The number of H-pyrrole nitrogens is 1. The largest absolute Gasteiger partial charge is 0.477 e. The van der Waals surface area contributed by atoms with Crippen LogP contribution in [0, 0.1) is 0 Å². The number of hydrogen-bond donors (Lipinski definition) is 6. The molecule has 1 fully saturated rings. The van der Waals surface area contributed by atoms with Gasteiger partial charge in [-0.15, -0.1) is 28.2 Å². The van der Waals surface area contributed by atoms with Crippen LogP contribution in [-0.4, -0.2) is 100 Å². The first-order valence-corrected chi connectivity index (χ1v) is 14.2. The van der Waals surface area contributed by atoms with Gasteiger partial charge in [-0.1, -0.05) is 16.9 Å². The van der Waals surface area contributed by atoms with Gasteiger partial charge < -0.3 is 31.2 Å². The Morgan fingerprint density at radius 3 is 2.80 bits per heavy atom. The second kappa shape index (κ2) is 12.7. The Bertz CT molecular complexity index is 1580. The molecule has 1 saturated heterocycles. The van der Waals surface area contributed by atoms with E-state index in [0.29, 0.717) is 0 Å². The molecule has 0 aromatic carbocycles. The van der Waals surface area contributed by atoms with Crippen molar-refractivity contribution in [2.24, 2.45) is 5.16 Å². The third kappa shape index (κ3) is 6.20. The minimum Gasteiger partial charge on any atom is -0.477 e. The van der Waals surface area contributed by atoms with E-state index in [-0.39, 0.29) is 38.7 Å². The summed E-state index contributed by atoms with van der Waals surface area (Å²) in [5.74, 6) is -2.64. The number of nitrogens with zero attached hydrogens (tertiary/aromatic N) is 5. The number of β-lactam (4-membered cyclic amide) rings is 1. The lowest BCUT2D eigenvalue weighted by molar-refractivity contribution is -0.150. The Morgan fingerprint density at radius 1 is 1.41 bits per heavy atom. The van der Waals surface area contributed by atoms with E-state index in [0.717, 1.165) is 32.6 Å². The first kappa shape index (κ1) is 30.0. The fourth-order valence-electron chi connectivity index (χ4n) is 3.79. The number of amides is 2. The first-order valence-electron chi connectivity index (χ1n) is 11.4. The average Bonchev–Trinajstić information content (AvgIpc) is 3.38. The van der Waals surface area contributed by atoms with E-state index in [9.17, 15) is 34.2 Å². The van der Waals surface area contributed by atoms with Crippen molar-refractivity contribution in [1.29, 1.82) is 0 Å². The molecule has 2 aliphatic rings. The Hall–Kier alpha value is -3.98. The second-order valence-corrected chi connectivity index (χ2v) is 11.1.